The molecule has 0 atom stereocenters. The number of aryl methyl sites for hydroxylation is 1. The van der Waals surface area contributed by atoms with Gasteiger partial charge in [0.2, 0.25) is 0 Å². The van der Waals surface area contributed by atoms with Crippen molar-refractivity contribution < 1.29 is 5.21 Å². The number of nitrogens with zero attached hydrogens (tertiary/aromatic N) is 2. The molecule has 68 valence electrons. The number of nitrogens with two attached hydrogens (primary N) is 2. The summed E-state index contributed by atoms with van der Waals surface area (Å²) < 4.78 is 0.883. The monoisotopic (exact) mass is 178 g/mol. The Morgan fingerprint density at radius 3 is 2.85 bits per heavy atom. The SMILES string of the molecule is Cc1cc(N)c2ncn(O)c2c1N. The number of fused-ring (bicyclic) bond motifs is 1. The van der Waals surface area contributed by atoms with E-state index in [1.165, 1.54) is 6.33 Å². The summed E-state index contributed by atoms with van der Waals surface area (Å²) in [5.41, 5.74) is 14.3. The third-order valence-electron chi connectivity index (χ3n) is 2.08. The van der Waals surface area contributed by atoms with Gasteiger partial charge in [-0.05, 0) is 18.6 Å². The number of imidazole rings is 1. The molecule has 2 aromatic rings. The van der Waals surface area contributed by atoms with Crippen molar-refractivity contribution in [3.8, 4) is 0 Å². The van der Waals surface area contributed by atoms with Crippen LogP contribution in [0.1, 0.15) is 5.56 Å². The van der Waals surface area contributed by atoms with Gasteiger partial charge in [-0.25, -0.2) is 4.98 Å². The maximum absolute atomic E-state index is 9.36. The van der Waals surface area contributed by atoms with Crippen molar-refractivity contribution in [2.75, 3.05) is 11.5 Å². The molecule has 0 aliphatic rings. The summed E-state index contributed by atoms with van der Waals surface area (Å²) in [5.74, 6) is 0. The van der Waals surface area contributed by atoms with E-state index < -0.39 is 0 Å². The van der Waals surface area contributed by atoms with Crippen LogP contribution in [-0.2, 0) is 0 Å². The standard InChI is InChI=1S/C8H10N4O/c1-4-2-5(9)7-8(6(4)10)12(13)3-11-7/h2-3,13H,9-10H2,1H3. The molecule has 0 saturated carbocycles. The summed E-state index contributed by atoms with van der Waals surface area (Å²) in [5, 5.41) is 9.36. The van der Waals surface area contributed by atoms with Gasteiger partial charge in [0.25, 0.3) is 0 Å². The van der Waals surface area contributed by atoms with Gasteiger partial charge >= 0.3 is 0 Å². The highest BCUT2D eigenvalue weighted by molar-refractivity contribution is 5.96. The maximum Gasteiger partial charge on any atom is 0.133 e. The van der Waals surface area contributed by atoms with E-state index in [0.29, 0.717) is 22.4 Å². The van der Waals surface area contributed by atoms with Crippen LogP contribution in [0.15, 0.2) is 12.4 Å². The van der Waals surface area contributed by atoms with Crippen LogP contribution in [0.2, 0.25) is 0 Å². The minimum Gasteiger partial charge on any atom is -0.427 e. The van der Waals surface area contributed by atoms with Crippen LogP contribution in [0.3, 0.4) is 0 Å². The fourth-order valence-electron chi connectivity index (χ4n) is 1.37. The van der Waals surface area contributed by atoms with Crippen molar-refractivity contribution in [2.24, 2.45) is 0 Å². The highest BCUT2D eigenvalue weighted by atomic mass is 16.5. The van der Waals surface area contributed by atoms with Gasteiger partial charge in [0, 0.05) is 0 Å². The van der Waals surface area contributed by atoms with Gasteiger partial charge in [-0.15, -0.1) is 0 Å². The number of hydrogen-bond acceptors (Lipinski definition) is 4. The van der Waals surface area contributed by atoms with Gasteiger partial charge in [0.05, 0.1) is 11.4 Å². The Labute approximate surface area is 74.5 Å². The van der Waals surface area contributed by atoms with Gasteiger partial charge in [-0.1, -0.05) is 0 Å². The fraction of sp³-hybridized carbons (Fsp3) is 0.125. The van der Waals surface area contributed by atoms with Crippen molar-refractivity contribution >= 4 is 22.4 Å². The minimum absolute atomic E-state index is 0.470. The molecular formula is C8H10N4O. The van der Waals surface area contributed by atoms with Crippen molar-refractivity contribution in [2.45, 2.75) is 6.92 Å². The lowest BCUT2D eigenvalue weighted by molar-refractivity contribution is 0.198. The quantitative estimate of drug-likeness (QED) is 0.410. The van der Waals surface area contributed by atoms with Gasteiger partial charge in [0.15, 0.2) is 0 Å². The Balaban J connectivity index is 3.00. The predicted molar refractivity (Wildman–Crippen MR) is 50.5 cm³/mol. The maximum atomic E-state index is 9.36. The van der Waals surface area contributed by atoms with Crippen molar-refractivity contribution in [1.82, 2.24) is 9.71 Å². The molecule has 0 aliphatic heterocycles. The molecule has 0 radical (unpaired) electrons. The van der Waals surface area contributed by atoms with E-state index in [9.17, 15) is 5.21 Å². The van der Waals surface area contributed by atoms with Crippen LogP contribution >= 0.6 is 0 Å². The summed E-state index contributed by atoms with van der Waals surface area (Å²) >= 11 is 0. The molecule has 0 aliphatic carbocycles. The highest BCUT2D eigenvalue weighted by Gasteiger charge is 2.10. The normalized spacial score (nSPS) is 10.8. The zero-order valence-electron chi connectivity index (χ0n) is 7.15. The second-order valence-corrected chi connectivity index (χ2v) is 2.98. The van der Waals surface area contributed by atoms with E-state index in [0.717, 1.165) is 10.3 Å². The molecule has 1 heterocycles. The van der Waals surface area contributed by atoms with Crippen molar-refractivity contribution in [3.05, 3.63) is 18.0 Å². The zero-order valence-corrected chi connectivity index (χ0v) is 7.15. The Morgan fingerprint density at radius 1 is 1.46 bits per heavy atom. The first-order valence-corrected chi connectivity index (χ1v) is 3.82. The zero-order chi connectivity index (χ0) is 9.59. The van der Waals surface area contributed by atoms with E-state index in [1.54, 1.807) is 6.07 Å². The smallest absolute Gasteiger partial charge is 0.133 e. The second kappa shape index (κ2) is 2.29. The third-order valence-corrected chi connectivity index (χ3v) is 2.08. The topological polar surface area (TPSA) is 90.1 Å². The van der Waals surface area contributed by atoms with Crippen LogP contribution in [0.5, 0.6) is 0 Å². The molecule has 1 aromatic heterocycles. The third kappa shape index (κ3) is 0.900. The van der Waals surface area contributed by atoms with Crippen LogP contribution in [0.4, 0.5) is 11.4 Å². The lowest BCUT2D eigenvalue weighted by atomic mass is 10.1. The number of benzene rings is 1. The molecule has 5 N–H and O–H groups in total. The first-order valence-electron chi connectivity index (χ1n) is 3.82. The van der Waals surface area contributed by atoms with Crippen LogP contribution in [0, 0.1) is 6.92 Å². The van der Waals surface area contributed by atoms with Gasteiger partial charge in [-0.3, -0.25) is 0 Å². The molecule has 5 nitrogen and oxygen atoms in total. The summed E-state index contributed by atoms with van der Waals surface area (Å²) in [6.07, 6.45) is 1.27. The molecule has 0 spiro atoms. The minimum atomic E-state index is 0.470. The van der Waals surface area contributed by atoms with E-state index in [4.69, 9.17) is 11.5 Å². The molecule has 0 amide bonds. The summed E-state index contributed by atoms with van der Waals surface area (Å²) in [4.78, 5) is 3.93. The van der Waals surface area contributed by atoms with Gasteiger partial charge in [0.1, 0.15) is 17.4 Å². The van der Waals surface area contributed by atoms with E-state index >= 15 is 0 Å². The average Bonchev–Trinajstić information content (AvgIpc) is 2.44. The number of anilines is 2. The predicted octanol–water partition coefficient (Wildman–Crippen LogP) is 0.746. The van der Waals surface area contributed by atoms with Crippen LogP contribution < -0.4 is 11.5 Å². The number of rotatable bonds is 0. The van der Waals surface area contributed by atoms with E-state index in [-0.39, 0.29) is 0 Å². The molecule has 1 aromatic carbocycles. The fourth-order valence-corrected chi connectivity index (χ4v) is 1.37. The van der Waals surface area contributed by atoms with E-state index in [2.05, 4.69) is 4.98 Å². The van der Waals surface area contributed by atoms with Crippen molar-refractivity contribution in [1.29, 1.82) is 0 Å². The highest BCUT2D eigenvalue weighted by Crippen LogP contribution is 2.27. The number of aromatic nitrogens is 2. The summed E-state index contributed by atoms with van der Waals surface area (Å²) in [6, 6.07) is 1.74. The molecule has 2 rings (SSSR count). The average molecular weight is 178 g/mol. The van der Waals surface area contributed by atoms with Crippen molar-refractivity contribution in [3.63, 3.8) is 0 Å². The number of hydrogen-bond donors (Lipinski definition) is 3. The van der Waals surface area contributed by atoms with Crippen LogP contribution in [-0.4, -0.2) is 14.9 Å². The molecular weight excluding hydrogens is 168 g/mol. The molecule has 0 unspecified atom stereocenters. The molecule has 0 bridgehead atoms. The van der Waals surface area contributed by atoms with E-state index in [1.807, 2.05) is 6.92 Å². The summed E-state index contributed by atoms with van der Waals surface area (Å²) in [6.45, 7) is 1.83. The first-order chi connectivity index (χ1) is 6.11. The Kier molecular flexibility index (Phi) is 1.36. The molecule has 0 saturated heterocycles. The molecule has 5 heteroatoms. The Bertz CT molecular complexity index is 474. The molecule has 0 fully saturated rings. The lowest BCUT2D eigenvalue weighted by Gasteiger charge is -2.04. The van der Waals surface area contributed by atoms with Gasteiger partial charge < -0.3 is 16.7 Å². The first kappa shape index (κ1) is 7.72. The Hall–Kier alpha value is -1.91. The Morgan fingerprint density at radius 2 is 2.15 bits per heavy atom. The summed E-state index contributed by atoms with van der Waals surface area (Å²) in [7, 11) is 0. The largest absolute Gasteiger partial charge is 0.427 e. The number of nitrogen functional groups attached to an aromatic ring is 2. The van der Waals surface area contributed by atoms with Gasteiger partial charge in [-0.2, -0.15) is 4.73 Å². The van der Waals surface area contributed by atoms with Crippen LogP contribution in [0.25, 0.3) is 11.0 Å². The second-order valence-electron chi connectivity index (χ2n) is 2.98. The lowest BCUT2D eigenvalue weighted by Crippen LogP contribution is -1.98. The molecule has 13 heavy (non-hydrogen) atoms.